The summed E-state index contributed by atoms with van der Waals surface area (Å²) in [6.45, 7) is 2.19. The van der Waals surface area contributed by atoms with Gasteiger partial charge >= 0.3 is 0 Å². The van der Waals surface area contributed by atoms with E-state index >= 15 is 0 Å². The maximum Gasteiger partial charge on any atom is 0.266 e. The molecule has 80 valence electrons. The summed E-state index contributed by atoms with van der Waals surface area (Å²) in [4.78, 5) is 11.3. The predicted octanol–water partition coefficient (Wildman–Crippen LogP) is 1.37. The molecule has 1 heterocycles. The van der Waals surface area contributed by atoms with Crippen LogP contribution in [0.2, 0.25) is 0 Å². The molecular formula is C11H15N3O. The summed E-state index contributed by atoms with van der Waals surface area (Å²) in [7, 11) is 0. The molecule has 1 amide bonds. The zero-order chi connectivity index (χ0) is 10.6. The summed E-state index contributed by atoms with van der Waals surface area (Å²) >= 11 is 0. The van der Waals surface area contributed by atoms with Crippen LogP contribution in [0.15, 0.2) is 6.07 Å². The molecule has 0 aromatic carbocycles. The van der Waals surface area contributed by atoms with Crippen molar-refractivity contribution in [3.63, 3.8) is 0 Å². The van der Waals surface area contributed by atoms with Gasteiger partial charge < -0.3 is 5.73 Å². The topological polar surface area (TPSA) is 60.9 Å². The molecule has 2 fully saturated rings. The van der Waals surface area contributed by atoms with Crippen LogP contribution in [0.3, 0.4) is 0 Å². The molecule has 4 nitrogen and oxygen atoms in total. The maximum absolute atomic E-state index is 11.3. The van der Waals surface area contributed by atoms with E-state index in [0.29, 0.717) is 11.7 Å². The van der Waals surface area contributed by atoms with Crippen molar-refractivity contribution in [3.05, 3.63) is 17.5 Å². The van der Waals surface area contributed by atoms with Crippen molar-refractivity contribution in [1.29, 1.82) is 0 Å². The van der Waals surface area contributed by atoms with E-state index < -0.39 is 0 Å². The minimum atomic E-state index is -0.357. The van der Waals surface area contributed by atoms with Crippen molar-refractivity contribution in [2.24, 2.45) is 5.73 Å². The predicted molar refractivity (Wildman–Crippen MR) is 55.6 cm³/mol. The van der Waals surface area contributed by atoms with Crippen molar-refractivity contribution >= 4 is 5.91 Å². The Morgan fingerprint density at radius 1 is 1.60 bits per heavy atom. The lowest BCUT2D eigenvalue weighted by atomic mass is 10.1. The van der Waals surface area contributed by atoms with E-state index in [0.717, 1.165) is 18.5 Å². The van der Waals surface area contributed by atoms with E-state index in [-0.39, 0.29) is 11.3 Å². The quantitative estimate of drug-likeness (QED) is 0.810. The number of nitrogens with two attached hydrogens (primary N) is 1. The van der Waals surface area contributed by atoms with Gasteiger partial charge in [0.25, 0.3) is 5.91 Å². The lowest BCUT2D eigenvalue weighted by Crippen LogP contribution is -2.16. The second-order valence-corrected chi connectivity index (χ2v) is 5.02. The van der Waals surface area contributed by atoms with Crippen molar-refractivity contribution in [2.45, 2.75) is 44.1 Å². The fourth-order valence-corrected chi connectivity index (χ4v) is 1.91. The van der Waals surface area contributed by atoms with E-state index in [1.54, 1.807) is 0 Å². The fourth-order valence-electron chi connectivity index (χ4n) is 1.91. The molecule has 0 spiro atoms. The second-order valence-electron chi connectivity index (χ2n) is 5.02. The van der Waals surface area contributed by atoms with Crippen LogP contribution in [0.4, 0.5) is 0 Å². The fraction of sp³-hybridized carbons (Fsp3) is 0.636. The van der Waals surface area contributed by atoms with Crippen LogP contribution in [-0.2, 0) is 5.41 Å². The highest BCUT2D eigenvalue weighted by atomic mass is 16.1. The zero-order valence-corrected chi connectivity index (χ0v) is 8.86. The lowest BCUT2D eigenvalue weighted by molar-refractivity contribution is 0.0990. The molecule has 3 rings (SSSR count). The van der Waals surface area contributed by atoms with Gasteiger partial charge in [-0.3, -0.25) is 9.48 Å². The summed E-state index contributed by atoms with van der Waals surface area (Å²) in [5.41, 5.74) is 7.20. The first-order chi connectivity index (χ1) is 7.10. The standard InChI is InChI=1S/C11H15N3O/c1-11(4-5-11)9-6-8(10(12)15)14(13-9)7-2-3-7/h6-7H,2-5H2,1H3,(H2,12,15). The van der Waals surface area contributed by atoms with Gasteiger partial charge in [0, 0.05) is 5.41 Å². The first-order valence-electron chi connectivity index (χ1n) is 5.50. The summed E-state index contributed by atoms with van der Waals surface area (Å²) < 4.78 is 1.83. The average molecular weight is 205 g/mol. The van der Waals surface area contributed by atoms with Crippen molar-refractivity contribution in [3.8, 4) is 0 Å². The third kappa shape index (κ3) is 1.35. The molecule has 0 unspecified atom stereocenters. The molecular weight excluding hydrogens is 190 g/mol. The Kier molecular flexibility index (Phi) is 1.56. The van der Waals surface area contributed by atoms with E-state index in [1.807, 2.05) is 10.7 Å². The van der Waals surface area contributed by atoms with Gasteiger partial charge in [0.1, 0.15) is 5.69 Å². The summed E-state index contributed by atoms with van der Waals surface area (Å²) in [6, 6.07) is 2.30. The molecule has 1 aromatic heterocycles. The molecule has 0 radical (unpaired) electrons. The van der Waals surface area contributed by atoms with Gasteiger partial charge in [-0.15, -0.1) is 0 Å². The Balaban J connectivity index is 2.04. The highest BCUT2D eigenvalue weighted by Gasteiger charge is 2.43. The maximum atomic E-state index is 11.3. The average Bonchev–Trinajstić information content (AvgIpc) is 3.09. The number of amides is 1. The number of aromatic nitrogens is 2. The molecule has 1 aromatic rings. The van der Waals surface area contributed by atoms with Crippen LogP contribution in [0.1, 0.15) is 54.8 Å². The largest absolute Gasteiger partial charge is 0.364 e. The van der Waals surface area contributed by atoms with Crippen LogP contribution in [0, 0.1) is 0 Å². The molecule has 0 bridgehead atoms. The van der Waals surface area contributed by atoms with Gasteiger partial charge in [-0.1, -0.05) is 6.92 Å². The third-order valence-electron chi connectivity index (χ3n) is 3.50. The number of primary amides is 1. The highest BCUT2D eigenvalue weighted by molar-refractivity contribution is 5.91. The Bertz CT molecular complexity index is 427. The second kappa shape index (κ2) is 2.62. The lowest BCUT2D eigenvalue weighted by Gasteiger charge is -2.02. The first-order valence-corrected chi connectivity index (χ1v) is 5.50. The minimum Gasteiger partial charge on any atom is -0.364 e. The van der Waals surface area contributed by atoms with Crippen LogP contribution in [-0.4, -0.2) is 15.7 Å². The normalized spacial score (nSPS) is 22.7. The molecule has 0 aliphatic heterocycles. The Hall–Kier alpha value is -1.32. The molecule has 2 N–H and O–H groups in total. The van der Waals surface area contributed by atoms with Crippen LogP contribution < -0.4 is 5.73 Å². The number of nitrogens with zero attached hydrogens (tertiary/aromatic N) is 2. The van der Waals surface area contributed by atoms with E-state index in [4.69, 9.17) is 5.73 Å². The molecule has 2 aliphatic carbocycles. The highest BCUT2D eigenvalue weighted by Crippen LogP contribution is 2.48. The van der Waals surface area contributed by atoms with Gasteiger partial charge in [-0.25, -0.2) is 0 Å². The SMILES string of the molecule is CC1(c2cc(C(N)=O)n(C3CC3)n2)CC1. The van der Waals surface area contributed by atoms with Gasteiger partial charge in [-0.05, 0) is 31.7 Å². The number of rotatable bonds is 3. The van der Waals surface area contributed by atoms with Crippen LogP contribution in [0.25, 0.3) is 0 Å². The molecule has 0 atom stereocenters. The first kappa shape index (κ1) is 8.95. The molecule has 15 heavy (non-hydrogen) atoms. The Labute approximate surface area is 88.4 Å². The van der Waals surface area contributed by atoms with Crippen LogP contribution >= 0.6 is 0 Å². The molecule has 2 aliphatic rings. The zero-order valence-electron chi connectivity index (χ0n) is 8.86. The minimum absolute atomic E-state index is 0.213. The van der Waals surface area contributed by atoms with Crippen LogP contribution in [0.5, 0.6) is 0 Å². The third-order valence-corrected chi connectivity index (χ3v) is 3.50. The van der Waals surface area contributed by atoms with E-state index in [9.17, 15) is 4.79 Å². The number of carbonyl (C=O) groups is 1. The van der Waals surface area contributed by atoms with Crippen molar-refractivity contribution < 1.29 is 4.79 Å². The van der Waals surface area contributed by atoms with Crippen molar-refractivity contribution in [2.75, 3.05) is 0 Å². The molecule has 0 saturated heterocycles. The van der Waals surface area contributed by atoms with Gasteiger partial charge in [0.2, 0.25) is 0 Å². The van der Waals surface area contributed by atoms with E-state index in [2.05, 4.69) is 12.0 Å². The number of hydrogen-bond acceptors (Lipinski definition) is 2. The Morgan fingerprint density at radius 2 is 2.27 bits per heavy atom. The summed E-state index contributed by atoms with van der Waals surface area (Å²) in [5, 5.41) is 4.54. The summed E-state index contributed by atoms with van der Waals surface area (Å²) in [5.74, 6) is -0.357. The number of carbonyl (C=O) groups excluding carboxylic acids is 1. The molecule has 2 saturated carbocycles. The van der Waals surface area contributed by atoms with E-state index in [1.165, 1.54) is 12.8 Å². The number of hydrogen-bond donors (Lipinski definition) is 1. The smallest absolute Gasteiger partial charge is 0.266 e. The summed E-state index contributed by atoms with van der Waals surface area (Å²) in [6.07, 6.45) is 4.59. The Morgan fingerprint density at radius 3 is 2.73 bits per heavy atom. The monoisotopic (exact) mass is 205 g/mol. The van der Waals surface area contributed by atoms with Gasteiger partial charge in [0.15, 0.2) is 0 Å². The molecule has 4 heteroatoms. The van der Waals surface area contributed by atoms with Gasteiger partial charge in [0.05, 0.1) is 11.7 Å². The van der Waals surface area contributed by atoms with Crippen molar-refractivity contribution in [1.82, 2.24) is 9.78 Å². The van der Waals surface area contributed by atoms with Gasteiger partial charge in [-0.2, -0.15) is 5.10 Å².